The number of imidazole rings is 1. The summed E-state index contributed by atoms with van der Waals surface area (Å²) in [6.45, 7) is 3.66. The SMILES string of the molecule is COc1ncc(-c2ccc3ncc4c(c3c2)n(-c2ccc(C(C)(C)C#N)cc2)/c(=N\C#N)n4C)cc1NS(=O)(=O)c1ccc(F)cc1F. The highest BCUT2D eigenvalue weighted by atomic mass is 32.2. The van der Waals surface area contributed by atoms with E-state index in [1.165, 1.54) is 19.4 Å². The maximum absolute atomic E-state index is 14.4. The Labute approximate surface area is 273 Å². The summed E-state index contributed by atoms with van der Waals surface area (Å²) < 4.78 is 65.3. The lowest BCUT2D eigenvalue weighted by molar-refractivity contribution is 0.400. The highest BCUT2D eigenvalue weighted by molar-refractivity contribution is 7.92. The fraction of sp³-hybridized carbons (Fsp3) is 0.147. The number of nitriles is 2. The predicted octanol–water partition coefficient (Wildman–Crippen LogP) is 5.85. The summed E-state index contributed by atoms with van der Waals surface area (Å²) >= 11 is 0. The molecule has 240 valence electrons. The maximum atomic E-state index is 14.4. The molecule has 0 bridgehead atoms. The number of rotatable bonds is 7. The van der Waals surface area contributed by atoms with Crippen molar-refractivity contribution in [3.8, 4) is 35.0 Å². The number of aryl methyl sites for hydroxylation is 1. The quantitative estimate of drug-likeness (QED) is 0.210. The van der Waals surface area contributed by atoms with Gasteiger partial charge in [-0.25, -0.2) is 22.2 Å². The number of hydrogen-bond donors (Lipinski definition) is 1. The fourth-order valence-electron chi connectivity index (χ4n) is 5.43. The van der Waals surface area contributed by atoms with Crippen LogP contribution in [0.15, 0.2) is 89.0 Å². The molecular formula is C34H26F2N8O3S. The van der Waals surface area contributed by atoms with Gasteiger partial charge in [0.2, 0.25) is 17.7 Å². The molecule has 6 rings (SSSR count). The van der Waals surface area contributed by atoms with E-state index in [0.29, 0.717) is 50.4 Å². The molecule has 0 aliphatic heterocycles. The molecule has 3 heterocycles. The number of fused-ring (bicyclic) bond motifs is 3. The number of pyridine rings is 2. The third kappa shape index (κ3) is 5.48. The van der Waals surface area contributed by atoms with Crippen molar-refractivity contribution in [2.75, 3.05) is 11.8 Å². The minimum Gasteiger partial charge on any atom is -0.480 e. The van der Waals surface area contributed by atoms with Crippen molar-refractivity contribution in [3.63, 3.8) is 0 Å². The summed E-state index contributed by atoms with van der Waals surface area (Å²) in [7, 11) is -1.41. The summed E-state index contributed by atoms with van der Waals surface area (Å²) in [5.41, 5.74) is 4.20. The molecule has 0 atom stereocenters. The molecule has 0 aliphatic carbocycles. The van der Waals surface area contributed by atoms with Gasteiger partial charge in [-0.3, -0.25) is 14.3 Å². The molecule has 0 unspecified atom stereocenters. The van der Waals surface area contributed by atoms with Gasteiger partial charge in [-0.1, -0.05) is 18.2 Å². The largest absolute Gasteiger partial charge is 0.480 e. The van der Waals surface area contributed by atoms with E-state index in [0.717, 1.165) is 17.7 Å². The van der Waals surface area contributed by atoms with Crippen molar-refractivity contribution >= 4 is 37.6 Å². The molecule has 0 saturated carbocycles. The van der Waals surface area contributed by atoms with Gasteiger partial charge >= 0.3 is 0 Å². The molecular weight excluding hydrogens is 638 g/mol. The summed E-state index contributed by atoms with van der Waals surface area (Å²) in [5.74, 6) is -2.24. The van der Waals surface area contributed by atoms with E-state index in [1.807, 2.05) is 54.9 Å². The van der Waals surface area contributed by atoms with E-state index in [2.05, 4.69) is 25.8 Å². The van der Waals surface area contributed by atoms with Crippen LogP contribution < -0.4 is 15.1 Å². The second kappa shape index (κ2) is 11.9. The molecule has 0 radical (unpaired) electrons. The second-order valence-electron chi connectivity index (χ2n) is 11.4. The summed E-state index contributed by atoms with van der Waals surface area (Å²) in [6, 6.07) is 18.8. The molecule has 0 fully saturated rings. The topological polar surface area (TPSA) is 151 Å². The molecule has 0 amide bonds. The van der Waals surface area contributed by atoms with Gasteiger partial charge in [0.25, 0.3) is 10.0 Å². The van der Waals surface area contributed by atoms with Gasteiger partial charge < -0.3 is 9.30 Å². The highest BCUT2D eigenvalue weighted by Gasteiger charge is 2.23. The van der Waals surface area contributed by atoms with Crippen LogP contribution in [0.25, 0.3) is 38.8 Å². The van der Waals surface area contributed by atoms with Crippen molar-refractivity contribution < 1.29 is 21.9 Å². The zero-order valence-corrected chi connectivity index (χ0v) is 26.8. The van der Waals surface area contributed by atoms with Crippen LogP contribution in [0.4, 0.5) is 14.5 Å². The number of nitrogens with zero attached hydrogens (tertiary/aromatic N) is 7. The zero-order chi connectivity index (χ0) is 34.4. The molecule has 1 N–H and O–H groups in total. The molecule has 0 spiro atoms. The lowest BCUT2D eigenvalue weighted by atomic mass is 9.86. The van der Waals surface area contributed by atoms with Crippen LogP contribution >= 0.6 is 0 Å². The first-order valence-corrected chi connectivity index (χ1v) is 15.8. The van der Waals surface area contributed by atoms with Crippen LogP contribution in [0.2, 0.25) is 0 Å². The number of sulfonamides is 1. The highest BCUT2D eigenvalue weighted by Crippen LogP contribution is 2.34. The van der Waals surface area contributed by atoms with Crippen molar-refractivity contribution in [1.29, 1.82) is 10.5 Å². The number of anilines is 1. The van der Waals surface area contributed by atoms with Crippen LogP contribution in [0.5, 0.6) is 5.88 Å². The number of halogens is 2. The van der Waals surface area contributed by atoms with Crippen molar-refractivity contribution in [3.05, 3.63) is 102 Å². The van der Waals surface area contributed by atoms with Crippen LogP contribution in [0.3, 0.4) is 0 Å². The lowest BCUT2D eigenvalue weighted by Gasteiger charge is -2.16. The van der Waals surface area contributed by atoms with Crippen molar-refractivity contribution in [1.82, 2.24) is 19.1 Å². The first-order chi connectivity index (χ1) is 22.9. The number of methoxy groups -OCH3 is 1. The summed E-state index contributed by atoms with van der Waals surface area (Å²) in [6.07, 6.45) is 5.06. The Balaban J connectivity index is 1.53. The minimum absolute atomic E-state index is 0.0682. The van der Waals surface area contributed by atoms with Crippen LogP contribution in [-0.2, 0) is 22.5 Å². The summed E-state index contributed by atoms with van der Waals surface area (Å²) in [4.78, 5) is 12.3. The van der Waals surface area contributed by atoms with Gasteiger partial charge in [-0.2, -0.15) is 10.5 Å². The van der Waals surface area contributed by atoms with E-state index in [-0.39, 0.29) is 11.6 Å². The number of benzene rings is 3. The van der Waals surface area contributed by atoms with Crippen LogP contribution in [0.1, 0.15) is 19.4 Å². The van der Waals surface area contributed by atoms with Crippen LogP contribution in [0, 0.1) is 34.4 Å². The third-order valence-corrected chi connectivity index (χ3v) is 9.39. The molecule has 3 aromatic heterocycles. The van der Waals surface area contributed by atoms with E-state index >= 15 is 0 Å². The Morgan fingerprint density at radius 1 is 0.958 bits per heavy atom. The van der Waals surface area contributed by atoms with Gasteiger partial charge in [0, 0.05) is 35.9 Å². The van der Waals surface area contributed by atoms with Gasteiger partial charge in [-0.15, -0.1) is 4.99 Å². The standard InChI is InChI=1S/C34H26F2N8O3S/c1-34(2,18-37)22-6-9-24(10-7-22)44-31-25-13-20(5-11-27(25)39-17-29(31)43(3)33(44)41-19-38)21-14-28(32(47-4)40-16-21)42-48(45,46)30-12-8-23(35)15-26(30)36/h5-17,42H,1-4H3/b41-33-. The van der Waals surface area contributed by atoms with Gasteiger partial charge in [-0.05, 0) is 67.4 Å². The van der Waals surface area contributed by atoms with Crippen molar-refractivity contribution in [2.24, 2.45) is 12.0 Å². The predicted molar refractivity (Wildman–Crippen MR) is 174 cm³/mol. The van der Waals surface area contributed by atoms with Crippen LogP contribution in [-0.4, -0.2) is 34.6 Å². The normalized spacial score (nSPS) is 12.2. The van der Waals surface area contributed by atoms with Gasteiger partial charge in [0.05, 0.1) is 41.3 Å². The lowest BCUT2D eigenvalue weighted by Crippen LogP contribution is -2.23. The average molecular weight is 665 g/mol. The minimum atomic E-state index is -4.50. The number of aromatic nitrogens is 4. The molecule has 0 aliphatic rings. The number of hydrogen-bond acceptors (Lipinski definition) is 8. The number of ether oxygens (including phenoxy) is 1. The first kappa shape index (κ1) is 31.8. The molecule has 11 nitrogen and oxygen atoms in total. The second-order valence-corrected chi connectivity index (χ2v) is 13.0. The van der Waals surface area contributed by atoms with E-state index in [4.69, 9.17) is 4.74 Å². The van der Waals surface area contributed by atoms with E-state index < -0.39 is 32.0 Å². The smallest absolute Gasteiger partial charge is 0.264 e. The van der Waals surface area contributed by atoms with Gasteiger partial charge in [0.15, 0.2) is 0 Å². The van der Waals surface area contributed by atoms with E-state index in [1.54, 1.807) is 29.9 Å². The maximum Gasteiger partial charge on any atom is 0.264 e. The molecule has 0 saturated heterocycles. The molecule has 6 aromatic rings. The Hall–Kier alpha value is -6.12. The monoisotopic (exact) mass is 664 g/mol. The Kier molecular flexibility index (Phi) is 7.90. The molecule has 3 aromatic carbocycles. The molecule has 48 heavy (non-hydrogen) atoms. The Bertz CT molecular complexity index is 2530. The average Bonchev–Trinajstić information content (AvgIpc) is 3.35. The zero-order valence-electron chi connectivity index (χ0n) is 26.0. The van der Waals surface area contributed by atoms with Gasteiger partial charge in [0.1, 0.15) is 22.2 Å². The number of nitrogens with one attached hydrogen (secondary N) is 1. The molecule has 14 heteroatoms. The third-order valence-electron chi connectivity index (χ3n) is 7.99. The summed E-state index contributed by atoms with van der Waals surface area (Å²) in [5, 5.41) is 19.9. The first-order valence-electron chi connectivity index (χ1n) is 14.4. The fourth-order valence-corrected chi connectivity index (χ4v) is 6.54. The Morgan fingerprint density at radius 2 is 1.71 bits per heavy atom. The Morgan fingerprint density at radius 3 is 2.38 bits per heavy atom. The van der Waals surface area contributed by atoms with E-state index in [9.17, 15) is 27.7 Å². The van der Waals surface area contributed by atoms with Crippen molar-refractivity contribution in [2.45, 2.75) is 24.2 Å².